The zero-order chi connectivity index (χ0) is 50.5. The second-order valence-electron chi connectivity index (χ2n) is 19.3. The summed E-state index contributed by atoms with van der Waals surface area (Å²) in [5.41, 5.74) is 2.73. The first-order chi connectivity index (χ1) is 33.9. The number of esters is 1. The monoisotopic (exact) mass is 1010 g/mol. The zero-order valence-electron chi connectivity index (χ0n) is 41.5. The van der Waals surface area contributed by atoms with Gasteiger partial charge >= 0.3 is 12.1 Å². The van der Waals surface area contributed by atoms with Gasteiger partial charge in [-0.2, -0.15) is 0 Å². The number of benzene rings is 4. The van der Waals surface area contributed by atoms with Crippen molar-refractivity contribution in [3.63, 3.8) is 0 Å². The van der Waals surface area contributed by atoms with Crippen molar-refractivity contribution in [3.05, 3.63) is 136 Å². The number of aryl methyl sites for hydroxylation is 1. The van der Waals surface area contributed by atoms with Gasteiger partial charge < -0.3 is 28.9 Å². The van der Waals surface area contributed by atoms with Crippen molar-refractivity contribution >= 4 is 85.5 Å². The molecule has 0 saturated carbocycles. The second kappa shape index (κ2) is 21.3. The lowest BCUT2D eigenvalue weighted by Gasteiger charge is -2.47. The number of ether oxygens (including phenoxy) is 3. The number of methoxy groups -OCH3 is 1. The molecule has 1 atom stereocenters. The minimum absolute atomic E-state index is 0.0717. The van der Waals surface area contributed by atoms with Crippen LogP contribution in [0.5, 0.6) is 5.75 Å². The molecule has 1 aliphatic rings. The topological polar surface area (TPSA) is 141 Å². The first-order valence-corrected chi connectivity index (χ1v) is 27.0. The summed E-state index contributed by atoms with van der Waals surface area (Å²) >= 11 is 2.92. The molecule has 13 nitrogen and oxygen atoms in total. The van der Waals surface area contributed by atoms with Crippen LogP contribution in [0.3, 0.4) is 0 Å². The van der Waals surface area contributed by atoms with Crippen LogP contribution in [0.1, 0.15) is 80.0 Å². The number of halogens is 1. The summed E-state index contributed by atoms with van der Waals surface area (Å²) in [7, 11) is -0.123. The number of carbonyl (C=O) groups excluding carboxylic acids is 2. The molecule has 4 aromatic carbocycles. The fourth-order valence-corrected chi connectivity index (χ4v) is 15.2. The number of fused-ring (bicyclic) bond motifs is 2. The van der Waals surface area contributed by atoms with Gasteiger partial charge in [0.25, 0.3) is 8.32 Å². The zero-order valence-corrected chi connectivity index (χ0v) is 44.1. The van der Waals surface area contributed by atoms with E-state index < -0.39 is 31.8 Å². The number of amides is 1. The van der Waals surface area contributed by atoms with Gasteiger partial charge in [0.2, 0.25) is 0 Å². The normalized spacial score (nSPS) is 13.8. The molecule has 0 aliphatic carbocycles. The highest BCUT2D eigenvalue weighted by Gasteiger charge is 2.52. The van der Waals surface area contributed by atoms with Crippen LogP contribution in [0.15, 0.2) is 103 Å². The molecule has 368 valence electrons. The van der Waals surface area contributed by atoms with Crippen molar-refractivity contribution in [2.45, 2.75) is 84.5 Å². The van der Waals surface area contributed by atoms with Gasteiger partial charge in [-0.3, -0.25) is 4.90 Å². The molecule has 1 unspecified atom stereocenters. The summed E-state index contributed by atoms with van der Waals surface area (Å²) in [6, 6.07) is 33.6. The smallest absolute Gasteiger partial charge is 0.410 e. The number of anilines is 4. The number of nitrogens with zero attached hydrogens (tertiary/aromatic N) is 6. The maximum absolute atomic E-state index is 15.3. The van der Waals surface area contributed by atoms with Crippen LogP contribution in [0.4, 0.5) is 31.1 Å². The summed E-state index contributed by atoms with van der Waals surface area (Å²) in [5.74, 6) is 5.93. The van der Waals surface area contributed by atoms with Crippen molar-refractivity contribution in [1.29, 1.82) is 0 Å². The van der Waals surface area contributed by atoms with Crippen LogP contribution in [0.25, 0.3) is 10.2 Å². The van der Waals surface area contributed by atoms with Gasteiger partial charge in [0, 0.05) is 35.0 Å². The molecule has 0 fully saturated rings. The van der Waals surface area contributed by atoms with Gasteiger partial charge in [0.1, 0.15) is 5.60 Å². The Balaban J connectivity index is 1.07. The van der Waals surface area contributed by atoms with Crippen LogP contribution >= 0.6 is 22.7 Å². The van der Waals surface area contributed by atoms with Crippen molar-refractivity contribution in [1.82, 2.24) is 25.1 Å². The summed E-state index contributed by atoms with van der Waals surface area (Å²) in [6.45, 7) is 14.9. The molecule has 0 saturated heterocycles. The molecule has 8 rings (SSSR count). The first-order valence-electron chi connectivity index (χ1n) is 23.4. The summed E-state index contributed by atoms with van der Waals surface area (Å²) in [4.78, 5) is 39.6. The average molecular weight is 1010 g/mol. The highest BCUT2D eigenvalue weighted by atomic mass is 32.1. The molecule has 7 aromatic rings. The molecule has 0 radical (unpaired) electrons. The fraction of sp³-hybridized carbons (Fsp3) is 0.333. The van der Waals surface area contributed by atoms with Crippen LogP contribution < -0.4 is 25.3 Å². The van der Waals surface area contributed by atoms with E-state index in [1.165, 1.54) is 35.5 Å². The van der Waals surface area contributed by atoms with Crippen molar-refractivity contribution in [2.75, 3.05) is 44.1 Å². The molecule has 0 bridgehead atoms. The van der Waals surface area contributed by atoms with Crippen LogP contribution in [-0.2, 0) is 26.7 Å². The quantitative estimate of drug-likeness (QED) is 0.0480. The number of aromatic nitrogens is 4. The lowest BCUT2D eigenvalue weighted by molar-refractivity contribution is 0.0320. The maximum Gasteiger partial charge on any atom is 0.410 e. The summed E-state index contributed by atoms with van der Waals surface area (Å²) in [5, 5.41) is 16.3. The summed E-state index contributed by atoms with van der Waals surface area (Å²) in [6.07, 6.45) is 0.545. The molecule has 1 N–H and O–H groups in total. The standard InChI is InChI=1S/C54H58FN7O6S2Si/c1-35-40-33-37(68-71(54(5,6)7,38-21-12-10-13-22-38)39-23-14-11-15-24-39)34-62(48(40)60-59-47(35)58-50-56-42-25-16-17-26-44(42)69-50)51-57-46(49(63)65-9)45(70-51)27-19-31-66-43-29-28-36(32-41(43)55)20-18-30-61(8)52(64)67-53(2,3)4/h10-17,21-26,28-29,32,37H,19,27,30-31,33-34H2,1-9H3,(H,56,58,59). The number of rotatable bonds is 14. The second-order valence-corrected chi connectivity index (χ2v) is 25.6. The van der Waals surface area contributed by atoms with E-state index >= 15 is 4.39 Å². The average Bonchev–Trinajstić information content (AvgIpc) is 3.97. The number of para-hydroxylation sites is 1. The molecule has 0 spiro atoms. The van der Waals surface area contributed by atoms with E-state index in [1.54, 1.807) is 45.2 Å². The summed E-state index contributed by atoms with van der Waals surface area (Å²) < 4.78 is 40.7. The van der Waals surface area contributed by atoms with Gasteiger partial charge in [-0.05, 0) is 86.3 Å². The Kier molecular flexibility index (Phi) is 15.2. The molecule has 3 aromatic heterocycles. The van der Waals surface area contributed by atoms with Gasteiger partial charge in [0.15, 0.2) is 39.2 Å². The number of thiazole rings is 2. The van der Waals surface area contributed by atoms with Gasteiger partial charge in [0.05, 0.1) is 43.1 Å². The Bertz CT molecular complexity index is 3020. The van der Waals surface area contributed by atoms with Gasteiger partial charge in [-0.25, -0.2) is 23.9 Å². The predicted octanol–water partition coefficient (Wildman–Crippen LogP) is 10.4. The van der Waals surface area contributed by atoms with Crippen LogP contribution in [-0.4, -0.2) is 91.0 Å². The molecule has 1 aliphatic heterocycles. The Hall–Kier alpha value is -6.71. The molecule has 71 heavy (non-hydrogen) atoms. The fourth-order valence-electron chi connectivity index (χ4n) is 8.58. The number of hydrogen-bond acceptors (Lipinski definition) is 14. The van der Waals surface area contributed by atoms with E-state index in [2.05, 4.69) is 86.5 Å². The van der Waals surface area contributed by atoms with E-state index in [4.69, 9.17) is 38.8 Å². The maximum atomic E-state index is 15.3. The van der Waals surface area contributed by atoms with Crippen molar-refractivity contribution in [3.8, 4) is 17.6 Å². The molecule has 4 heterocycles. The predicted molar refractivity (Wildman–Crippen MR) is 282 cm³/mol. The Morgan fingerprint density at radius 3 is 2.25 bits per heavy atom. The third kappa shape index (κ3) is 11.4. The number of hydrogen-bond donors (Lipinski definition) is 1. The SMILES string of the molecule is COC(=O)c1nc(N2CC(O[Si](c3ccccc3)(c3ccccc3)C(C)(C)C)Cc3c2nnc(Nc2nc4ccccc4s2)c3C)sc1CCCOc1ccc(C#CCN(C)C(=O)OC(C)(C)C)cc1F. The van der Waals surface area contributed by atoms with E-state index in [0.717, 1.165) is 31.7 Å². The Labute approximate surface area is 423 Å². The van der Waals surface area contributed by atoms with E-state index in [1.807, 2.05) is 48.2 Å². The molecular weight excluding hydrogens is 954 g/mol. The third-order valence-electron chi connectivity index (χ3n) is 12.0. The van der Waals surface area contributed by atoms with Gasteiger partial charge in [-0.1, -0.05) is 117 Å². The number of carbonyl (C=O) groups is 2. The first kappa shape index (κ1) is 50.7. The van der Waals surface area contributed by atoms with E-state index in [0.29, 0.717) is 58.1 Å². The molecule has 1 amide bonds. The van der Waals surface area contributed by atoms with E-state index in [-0.39, 0.29) is 35.7 Å². The molecule has 17 heteroatoms. The van der Waals surface area contributed by atoms with Crippen molar-refractivity contribution in [2.24, 2.45) is 0 Å². The van der Waals surface area contributed by atoms with Crippen molar-refractivity contribution < 1.29 is 32.6 Å². The Morgan fingerprint density at radius 2 is 1.61 bits per heavy atom. The number of nitrogens with one attached hydrogen (secondary N) is 1. The van der Waals surface area contributed by atoms with Crippen LogP contribution in [0.2, 0.25) is 5.04 Å². The highest BCUT2D eigenvalue weighted by molar-refractivity contribution is 7.22. The van der Waals surface area contributed by atoms with Crippen LogP contribution in [0, 0.1) is 24.6 Å². The van der Waals surface area contributed by atoms with Gasteiger partial charge in [-0.15, -0.1) is 21.5 Å². The van der Waals surface area contributed by atoms with E-state index in [9.17, 15) is 9.59 Å². The molecular formula is C54H58FN7O6S2Si. The Morgan fingerprint density at radius 1 is 0.915 bits per heavy atom. The highest BCUT2D eigenvalue weighted by Crippen LogP contribution is 2.43. The lowest BCUT2D eigenvalue weighted by Crippen LogP contribution is -2.68. The lowest BCUT2D eigenvalue weighted by atomic mass is 9.99. The minimum Gasteiger partial charge on any atom is -0.491 e. The largest absolute Gasteiger partial charge is 0.491 e. The minimum atomic E-state index is -3.05. The third-order valence-corrected chi connectivity index (χ3v) is 19.1.